The van der Waals surface area contributed by atoms with E-state index in [1.54, 1.807) is 19.1 Å². The largest absolute Gasteiger partial charge is 0.481 e. The first-order valence-corrected chi connectivity index (χ1v) is 14.0. The molecule has 0 saturated carbocycles. The van der Waals surface area contributed by atoms with E-state index in [0.717, 1.165) is 0 Å². The highest BCUT2D eigenvalue weighted by Crippen LogP contribution is 2.40. The Labute approximate surface area is 254 Å². The van der Waals surface area contributed by atoms with E-state index in [1.807, 2.05) is 6.92 Å². The zero-order valence-electron chi connectivity index (χ0n) is 24.5. The Balaban J connectivity index is 1.76. The van der Waals surface area contributed by atoms with Crippen molar-refractivity contribution in [3.63, 3.8) is 0 Å². The normalized spacial score (nSPS) is 16.9. The number of pyridine rings is 1. The quantitative estimate of drug-likeness (QED) is 0.246. The summed E-state index contributed by atoms with van der Waals surface area (Å²) in [7, 11) is 1.43. The molecular formula is C30H31F6N5O4. The molecule has 0 radical (unpaired) electrons. The molecule has 0 bridgehead atoms. The van der Waals surface area contributed by atoms with E-state index in [4.69, 9.17) is 9.47 Å². The number of carbonyl (C=O) groups excluding carboxylic acids is 1. The van der Waals surface area contributed by atoms with Gasteiger partial charge in [0.1, 0.15) is 0 Å². The summed E-state index contributed by atoms with van der Waals surface area (Å²) in [5.41, 5.74) is -1.87. The molecule has 3 heterocycles. The number of hydrogen-bond acceptors (Lipinski definition) is 8. The lowest BCUT2D eigenvalue weighted by Crippen LogP contribution is -2.46. The fraction of sp³-hybridized carbons (Fsp3) is 0.400. The van der Waals surface area contributed by atoms with Crippen molar-refractivity contribution in [2.24, 2.45) is 0 Å². The number of methoxy groups -OCH3 is 1. The molecule has 1 amide bonds. The van der Waals surface area contributed by atoms with Crippen LogP contribution >= 0.6 is 0 Å². The molecule has 2 N–H and O–H groups in total. The van der Waals surface area contributed by atoms with E-state index >= 15 is 0 Å². The third-order valence-electron chi connectivity index (χ3n) is 7.11. The van der Waals surface area contributed by atoms with Crippen LogP contribution in [0.1, 0.15) is 66.4 Å². The van der Waals surface area contributed by atoms with Gasteiger partial charge < -0.3 is 19.9 Å². The second-order valence-electron chi connectivity index (χ2n) is 10.1. The number of benzene rings is 1. The Hall–Kier alpha value is -4.40. The monoisotopic (exact) mass is 639 g/mol. The van der Waals surface area contributed by atoms with Crippen molar-refractivity contribution >= 4 is 23.8 Å². The molecule has 0 fully saturated rings. The molecule has 1 aliphatic heterocycles. The minimum absolute atomic E-state index is 0.0224. The fourth-order valence-corrected chi connectivity index (χ4v) is 5.05. The zero-order valence-corrected chi connectivity index (χ0v) is 24.5. The number of ether oxygens (including phenoxy) is 2. The first-order chi connectivity index (χ1) is 21.3. The zero-order chi connectivity index (χ0) is 32.9. The van der Waals surface area contributed by atoms with E-state index in [2.05, 4.69) is 20.3 Å². The average Bonchev–Trinajstić information content (AvgIpc) is 2.99. The number of alkyl halides is 6. The van der Waals surface area contributed by atoms with Gasteiger partial charge in [0.05, 0.1) is 54.6 Å². The molecule has 45 heavy (non-hydrogen) atoms. The van der Waals surface area contributed by atoms with E-state index in [9.17, 15) is 36.2 Å². The Morgan fingerprint density at radius 2 is 1.78 bits per heavy atom. The van der Waals surface area contributed by atoms with Crippen LogP contribution in [0.3, 0.4) is 0 Å². The summed E-state index contributed by atoms with van der Waals surface area (Å²) in [5.74, 6) is 0.296. The van der Waals surface area contributed by atoms with Gasteiger partial charge >= 0.3 is 18.4 Å². The highest BCUT2D eigenvalue weighted by atomic mass is 19.4. The maximum absolute atomic E-state index is 13.5. The second kappa shape index (κ2) is 13.7. The minimum atomic E-state index is -5.01. The number of fused-ring (bicyclic) bond motifs is 1. The molecule has 2 atom stereocenters. The SMILES string of the molecule is CCOC(=O)N1c2ccc(OC)nc2[C@@H](Nc2ncc(C=CCO)c(Cc3cc(C(F)(F)F)cc(C(F)(F)F)c3)n2)C[C@H]1CC. The van der Waals surface area contributed by atoms with Crippen LogP contribution in [0.2, 0.25) is 0 Å². The summed E-state index contributed by atoms with van der Waals surface area (Å²) >= 11 is 0. The number of anilines is 2. The molecular weight excluding hydrogens is 608 g/mol. The van der Waals surface area contributed by atoms with Crippen LogP contribution in [0.25, 0.3) is 6.08 Å². The fourth-order valence-electron chi connectivity index (χ4n) is 5.05. The molecule has 242 valence electrons. The predicted molar refractivity (Wildman–Crippen MR) is 153 cm³/mol. The molecule has 3 aromatic rings. The second-order valence-corrected chi connectivity index (χ2v) is 10.1. The molecule has 0 aliphatic carbocycles. The van der Waals surface area contributed by atoms with Gasteiger partial charge in [0.15, 0.2) is 0 Å². The minimum Gasteiger partial charge on any atom is -0.481 e. The predicted octanol–water partition coefficient (Wildman–Crippen LogP) is 6.81. The van der Waals surface area contributed by atoms with Gasteiger partial charge in [-0.1, -0.05) is 19.1 Å². The number of carbonyl (C=O) groups is 1. The third kappa shape index (κ3) is 7.82. The first kappa shape index (κ1) is 33.5. The number of rotatable bonds is 9. The van der Waals surface area contributed by atoms with Crippen LogP contribution in [0.4, 0.5) is 42.8 Å². The van der Waals surface area contributed by atoms with Gasteiger partial charge in [0, 0.05) is 30.3 Å². The molecule has 1 aliphatic rings. The van der Waals surface area contributed by atoms with Gasteiger partial charge in [-0.3, -0.25) is 4.90 Å². The van der Waals surface area contributed by atoms with Crippen LogP contribution < -0.4 is 15.0 Å². The van der Waals surface area contributed by atoms with Crippen LogP contribution in [-0.2, 0) is 23.5 Å². The maximum atomic E-state index is 13.5. The van der Waals surface area contributed by atoms with E-state index in [1.165, 1.54) is 30.4 Å². The third-order valence-corrected chi connectivity index (χ3v) is 7.11. The first-order valence-electron chi connectivity index (χ1n) is 14.0. The molecule has 2 aromatic heterocycles. The number of nitrogens with zero attached hydrogens (tertiary/aromatic N) is 4. The summed E-state index contributed by atoms with van der Waals surface area (Å²) < 4.78 is 91.6. The average molecular weight is 640 g/mol. The topological polar surface area (TPSA) is 110 Å². The summed E-state index contributed by atoms with van der Waals surface area (Å²) in [5, 5.41) is 12.4. The van der Waals surface area contributed by atoms with Crippen molar-refractivity contribution in [3.8, 4) is 5.88 Å². The Kier molecular flexibility index (Phi) is 10.2. The Morgan fingerprint density at radius 3 is 2.36 bits per heavy atom. The van der Waals surface area contributed by atoms with Crippen molar-refractivity contribution in [2.45, 2.75) is 57.5 Å². The molecule has 4 rings (SSSR count). The highest BCUT2D eigenvalue weighted by molar-refractivity contribution is 5.90. The Morgan fingerprint density at radius 1 is 1.09 bits per heavy atom. The van der Waals surface area contributed by atoms with Crippen molar-refractivity contribution in [1.82, 2.24) is 15.0 Å². The van der Waals surface area contributed by atoms with Crippen LogP contribution in [-0.4, -0.2) is 52.5 Å². The summed E-state index contributed by atoms with van der Waals surface area (Å²) in [4.78, 5) is 27.7. The van der Waals surface area contributed by atoms with E-state index in [-0.39, 0.29) is 54.0 Å². The van der Waals surface area contributed by atoms with Gasteiger partial charge in [0.25, 0.3) is 0 Å². The lowest BCUT2D eigenvalue weighted by atomic mass is 9.93. The molecule has 15 heteroatoms. The number of aliphatic hydroxyl groups excluding tert-OH is 1. The summed E-state index contributed by atoms with van der Waals surface area (Å²) in [6.07, 6.45) is -5.97. The molecule has 1 aromatic carbocycles. The highest BCUT2D eigenvalue weighted by Gasteiger charge is 2.39. The number of hydrogen-bond donors (Lipinski definition) is 2. The van der Waals surface area contributed by atoms with Crippen molar-refractivity contribution in [3.05, 3.63) is 76.2 Å². The van der Waals surface area contributed by atoms with E-state index < -0.39 is 42.0 Å². The molecule has 9 nitrogen and oxygen atoms in total. The summed E-state index contributed by atoms with van der Waals surface area (Å²) in [6, 6.07) is 3.75. The number of aromatic nitrogens is 3. The smallest absolute Gasteiger partial charge is 0.416 e. The number of amides is 1. The molecule has 0 saturated heterocycles. The molecule has 0 spiro atoms. The lowest BCUT2D eigenvalue weighted by molar-refractivity contribution is -0.143. The standard InChI is InChI=1S/C30H31F6N5O4/c1-4-21-15-23(26-24(8-9-25(40-26)44-3)41(21)28(43)45-5-2)39-27-37-16-18(7-6-10-42)22(38-27)13-17-11-19(29(31,32)33)14-20(12-17)30(34,35)36/h6-9,11-12,14,16,21,23,42H,4-5,10,13,15H2,1-3H3,(H,37,38,39)/t21-,23+/m1/s1. The van der Waals surface area contributed by atoms with Crippen LogP contribution in [0.15, 0.2) is 42.6 Å². The van der Waals surface area contributed by atoms with Gasteiger partial charge in [-0.15, -0.1) is 0 Å². The van der Waals surface area contributed by atoms with Crippen molar-refractivity contribution in [2.75, 3.05) is 30.5 Å². The molecule has 0 unspecified atom stereocenters. The lowest BCUT2D eigenvalue weighted by Gasteiger charge is -2.39. The Bertz CT molecular complexity index is 1510. The van der Waals surface area contributed by atoms with E-state index in [0.29, 0.717) is 36.4 Å². The maximum Gasteiger partial charge on any atom is 0.416 e. The number of nitrogens with one attached hydrogen (secondary N) is 1. The van der Waals surface area contributed by atoms with Gasteiger partial charge in [0.2, 0.25) is 11.8 Å². The van der Waals surface area contributed by atoms with Crippen molar-refractivity contribution in [1.29, 1.82) is 0 Å². The van der Waals surface area contributed by atoms with Crippen LogP contribution in [0, 0.1) is 0 Å². The summed E-state index contributed by atoms with van der Waals surface area (Å²) in [6.45, 7) is 3.38. The van der Waals surface area contributed by atoms with Gasteiger partial charge in [-0.2, -0.15) is 26.3 Å². The van der Waals surface area contributed by atoms with Gasteiger partial charge in [-0.05, 0) is 49.6 Å². The van der Waals surface area contributed by atoms with Crippen molar-refractivity contribution < 1.29 is 45.7 Å². The van der Waals surface area contributed by atoms with Crippen LogP contribution in [0.5, 0.6) is 5.88 Å². The number of aliphatic hydroxyl groups is 1. The van der Waals surface area contributed by atoms with Gasteiger partial charge in [-0.25, -0.2) is 19.7 Å². The number of halogens is 6.